The third-order valence-corrected chi connectivity index (χ3v) is 5.38. The molecule has 1 aliphatic heterocycles. The molecule has 0 radical (unpaired) electrons. The van der Waals surface area contributed by atoms with E-state index >= 15 is 0 Å². The van der Waals surface area contributed by atoms with Crippen LogP contribution in [0.2, 0.25) is 0 Å². The molecule has 140 valence electrons. The minimum Gasteiger partial charge on any atom is -0.375 e. The third kappa shape index (κ3) is 4.03. The lowest BCUT2D eigenvalue weighted by Gasteiger charge is -2.35. The number of amides is 2. The molecule has 1 fully saturated rings. The van der Waals surface area contributed by atoms with Gasteiger partial charge in [0.1, 0.15) is 6.61 Å². The Bertz CT molecular complexity index is 633. The molecule has 1 aromatic heterocycles. The molecule has 1 atom stereocenters. The fraction of sp³-hybridized carbons (Fsp3) is 0.722. The molecule has 0 aliphatic carbocycles. The van der Waals surface area contributed by atoms with Gasteiger partial charge in [-0.1, -0.05) is 0 Å². The molecule has 2 amide bonds. The van der Waals surface area contributed by atoms with Gasteiger partial charge in [0.05, 0.1) is 11.7 Å². The van der Waals surface area contributed by atoms with Crippen LogP contribution in [0.25, 0.3) is 0 Å². The van der Waals surface area contributed by atoms with E-state index in [0.717, 1.165) is 17.0 Å². The maximum absolute atomic E-state index is 12.9. The summed E-state index contributed by atoms with van der Waals surface area (Å²) in [5, 5.41) is 4.46. The number of nitrogens with zero attached hydrogens (tertiary/aromatic N) is 4. The van der Waals surface area contributed by atoms with E-state index in [0.29, 0.717) is 25.9 Å². The van der Waals surface area contributed by atoms with Crippen molar-refractivity contribution in [3.05, 3.63) is 17.0 Å². The Hall–Kier alpha value is -1.89. The summed E-state index contributed by atoms with van der Waals surface area (Å²) in [5.74, 6) is 0.113. The molecule has 7 nitrogen and oxygen atoms in total. The second-order valence-corrected chi connectivity index (χ2v) is 6.92. The largest absolute Gasteiger partial charge is 0.375 e. The molecule has 0 aromatic carbocycles. The van der Waals surface area contributed by atoms with Crippen LogP contribution in [0, 0.1) is 19.8 Å². The molecule has 0 bridgehead atoms. The molecule has 2 heterocycles. The van der Waals surface area contributed by atoms with Gasteiger partial charge >= 0.3 is 0 Å². The van der Waals surface area contributed by atoms with Crippen LogP contribution in [-0.4, -0.2) is 65.2 Å². The summed E-state index contributed by atoms with van der Waals surface area (Å²) in [6, 6.07) is -0.0191. The SMILES string of the molecule is COCC(=O)N1CCC(C(=O)N(C)C(C)c2c(C)nn(C)c2C)CC1. The summed E-state index contributed by atoms with van der Waals surface area (Å²) in [6.45, 7) is 7.40. The van der Waals surface area contributed by atoms with E-state index in [1.54, 1.807) is 4.90 Å². The van der Waals surface area contributed by atoms with Crippen molar-refractivity contribution in [2.24, 2.45) is 13.0 Å². The number of piperidine rings is 1. The van der Waals surface area contributed by atoms with Crippen LogP contribution < -0.4 is 0 Å². The van der Waals surface area contributed by atoms with Crippen molar-refractivity contribution in [2.45, 2.75) is 39.7 Å². The Morgan fingerprint density at radius 2 is 1.92 bits per heavy atom. The van der Waals surface area contributed by atoms with Gasteiger partial charge < -0.3 is 14.5 Å². The van der Waals surface area contributed by atoms with Gasteiger partial charge in [0.15, 0.2) is 0 Å². The van der Waals surface area contributed by atoms with Crippen LogP contribution >= 0.6 is 0 Å². The van der Waals surface area contributed by atoms with Gasteiger partial charge in [-0.2, -0.15) is 5.10 Å². The van der Waals surface area contributed by atoms with E-state index in [2.05, 4.69) is 5.10 Å². The molecule has 1 aromatic rings. The first-order chi connectivity index (χ1) is 11.8. The summed E-state index contributed by atoms with van der Waals surface area (Å²) in [7, 11) is 5.31. The molecular formula is C18H30N4O3. The molecule has 0 saturated carbocycles. The summed E-state index contributed by atoms with van der Waals surface area (Å²) in [5.41, 5.74) is 3.17. The molecule has 0 N–H and O–H groups in total. The zero-order chi connectivity index (χ0) is 18.7. The predicted molar refractivity (Wildman–Crippen MR) is 95.0 cm³/mol. The Labute approximate surface area is 149 Å². The van der Waals surface area contributed by atoms with Gasteiger partial charge in [0.25, 0.3) is 0 Å². The van der Waals surface area contributed by atoms with Crippen LogP contribution in [0.1, 0.15) is 42.8 Å². The molecule has 7 heteroatoms. The van der Waals surface area contributed by atoms with Crippen LogP contribution in [0.15, 0.2) is 0 Å². The van der Waals surface area contributed by atoms with Crippen LogP contribution in [0.4, 0.5) is 0 Å². The highest BCUT2D eigenvalue weighted by molar-refractivity contribution is 5.80. The van der Waals surface area contributed by atoms with E-state index in [4.69, 9.17) is 4.74 Å². The van der Waals surface area contributed by atoms with E-state index < -0.39 is 0 Å². The average Bonchev–Trinajstić information content (AvgIpc) is 2.85. The number of ether oxygens (including phenoxy) is 1. The number of hydrogen-bond acceptors (Lipinski definition) is 4. The van der Waals surface area contributed by atoms with Crippen LogP contribution in [0.5, 0.6) is 0 Å². The number of carbonyl (C=O) groups excluding carboxylic acids is 2. The second kappa shape index (κ2) is 7.99. The molecule has 25 heavy (non-hydrogen) atoms. The predicted octanol–water partition coefficient (Wildman–Crippen LogP) is 1.44. The molecule has 1 aliphatic rings. The summed E-state index contributed by atoms with van der Waals surface area (Å²) in [4.78, 5) is 28.4. The lowest BCUT2D eigenvalue weighted by molar-refractivity contribution is -0.142. The topological polar surface area (TPSA) is 67.7 Å². The molecule has 1 saturated heterocycles. The fourth-order valence-corrected chi connectivity index (χ4v) is 3.66. The number of rotatable bonds is 5. The molecule has 0 spiro atoms. The van der Waals surface area contributed by atoms with Crippen LogP contribution in [0.3, 0.4) is 0 Å². The van der Waals surface area contributed by atoms with Gasteiger partial charge in [-0.15, -0.1) is 0 Å². The van der Waals surface area contributed by atoms with Crippen molar-refractivity contribution in [3.8, 4) is 0 Å². The van der Waals surface area contributed by atoms with Gasteiger partial charge in [0, 0.05) is 51.5 Å². The smallest absolute Gasteiger partial charge is 0.248 e. The third-order valence-electron chi connectivity index (χ3n) is 5.38. The number of hydrogen-bond donors (Lipinski definition) is 0. The first-order valence-electron chi connectivity index (χ1n) is 8.81. The highest BCUT2D eigenvalue weighted by Crippen LogP contribution is 2.28. The number of carbonyl (C=O) groups is 2. The van der Waals surface area contributed by atoms with Crippen molar-refractivity contribution in [3.63, 3.8) is 0 Å². The Balaban J connectivity index is 2.00. The van der Waals surface area contributed by atoms with Crippen molar-refractivity contribution in [2.75, 3.05) is 33.9 Å². The first-order valence-corrected chi connectivity index (χ1v) is 8.81. The number of aromatic nitrogens is 2. The zero-order valence-corrected chi connectivity index (χ0v) is 16.2. The lowest BCUT2D eigenvalue weighted by Crippen LogP contribution is -2.45. The molecular weight excluding hydrogens is 320 g/mol. The van der Waals surface area contributed by atoms with Crippen molar-refractivity contribution in [1.82, 2.24) is 19.6 Å². The van der Waals surface area contributed by atoms with Crippen molar-refractivity contribution < 1.29 is 14.3 Å². The fourth-order valence-electron chi connectivity index (χ4n) is 3.66. The van der Waals surface area contributed by atoms with Gasteiger partial charge in [-0.05, 0) is 33.6 Å². The van der Waals surface area contributed by atoms with Gasteiger partial charge in [0.2, 0.25) is 11.8 Å². The quantitative estimate of drug-likeness (QED) is 0.806. The highest BCUT2D eigenvalue weighted by Gasteiger charge is 2.32. The summed E-state index contributed by atoms with van der Waals surface area (Å²) < 4.78 is 6.76. The lowest BCUT2D eigenvalue weighted by atomic mass is 9.94. The van der Waals surface area contributed by atoms with Crippen molar-refractivity contribution in [1.29, 1.82) is 0 Å². The maximum Gasteiger partial charge on any atom is 0.248 e. The summed E-state index contributed by atoms with van der Waals surface area (Å²) in [6.07, 6.45) is 1.41. The Morgan fingerprint density at radius 3 is 2.40 bits per heavy atom. The van der Waals surface area contributed by atoms with E-state index in [1.807, 2.05) is 44.4 Å². The second-order valence-electron chi connectivity index (χ2n) is 6.92. The minimum absolute atomic E-state index is 0.00303. The Kier molecular flexibility index (Phi) is 6.21. The summed E-state index contributed by atoms with van der Waals surface area (Å²) >= 11 is 0. The molecule has 1 unspecified atom stereocenters. The first kappa shape index (κ1) is 19.4. The van der Waals surface area contributed by atoms with Gasteiger partial charge in [-0.25, -0.2) is 0 Å². The minimum atomic E-state index is -0.0312. The van der Waals surface area contributed by atoms with E-state index in [-0.39, 0.29) is 30.4 Å². The van der Waals surface area contributed by atoms with E-state index in [9.17, 15) is 9.59 Å². The maximum atomic E-state index is 12.9. The molecule has 2 rings (SSSR count). The Morgan fingerprint density at radius 1 is 1.32 bits per heavy atom. The van der Waals surface area contributed by atoms with E-state index in [1.165, 1.54) is 7.11 Å². The average molecular weight is 350 g/mol. The van der Waals surface area contributed by atoms with Crippen molar-refractivity contribution >= 4 is 11.8 Å². The highest BCUT2D eigenvalue weighted by atomic mass is 16.5. The van der Waals surface area contributed by atoms with Gasteiger partial charge in [-0.3, -0.25) is 14.3 Å². The monoisotopic (exact) mass is 350 g/mol. The number of likely N-dealkylation sites (tertiary alicyclic amines) is 1. The number of aryl methyl sites for hydroxylation is 2. The standard InChI is InChI=1S/C18H30N4O3/c1-12-17(14(3)21(5)19-12)13(2)20(4)18(24)15-7-9-22(10-8-15)16(23)11-25-6/h13,15H,7-11H2,1-6H3. The zero-order valence-electron chi connectivity index (χ0n) is 16.2. The van der Waals surface area contributed by atoms with Crippen LogP contribution in [-0.2, 0) is 21.4 Å². The number of methoxy groups -OCH3 is 1. The normalized spacial score (nSPS) is 16.8.